The van der Waals surface area contributed by atoms with E-state index in [1.807, 2.05) is 37.5 Å². The number of benzene rings is 1. The van der Waals surface area contributed by atoms with Crippen molar-refractivity contribution in [3.05, 3.63) is 59.9 Å². The van der Waals surface area contributed by atoms with Gasteiger partial charge in [0.2, 0.25) is 5.95 Å². The molecule has 0 aliphatic carbocycles. The summed E-state index contributed by atoms with van der Waals surface area (Å²) in [5.74, 6) is 2.18. The SMILES string of the molecule is CCn1c(-c2ccncc2)nc2c(N3CCOCC3)nc(N(C)/N=C/c3cccc(C)c3)nc21. The first-order chi connectivity index (χ1) is 16.6. The minimum atomic E-state index is 0.522. The molecular weight excluding hydrogens is 428 g/mol. The van der Waals surface area contributed by atoms with Crippen molar-refractivity contribution in [2.45, 2.75) is 20.4 Å². The third-order valence-electron chi connectivity index (χ3n) is 5.84. The molecule has 0 unspecified atom stereocenters. The number of imidazole rings is 1. The van der Waals surface area contributed by atoms with E-state index in [0.717, 1.165) is 53.6 Å². The van der Waals surface area contributed by atoms with Crippen LogP contribution in [-0.2, 0) is 11.3 Å². The standard InChI is InChI=1S/C25H28N8O/c1-4-33-22(20-8-10-26-11-9-20)28-21-23(32-12-14-34-15-13-32)29-25(30-24(21)33)31(3)27-17-19-7-5-6-18(2)16-19/h5-11,16-17H,4,12-15H2,1-3H3/b27-17+. The zero-order chi connectivity index (χ0) is 23.5. The fourth-order valence-corrected chi connectivity index (χ4v) is 4.09. The number of nitrogens with zero attached hydrogens (tertiary/aromatic N) is 8. The number of morpholine rings is 1. The molecule has 1 saturated heterocycles. The molecule has 174 valence electrons. The van der Waals surface area contributed by atoms with Crippen LogP contribution in [0.2, 0.25) is 0 Å². The number of ether oxygens (including phenoxy) is 1. The molecule has 1 aromatic carbocycles. The number of hydrogen-bond acceptors (Lipinski definition) is 8. The summed E-state index contributed by atoms with van der Waals surface area (Å²) in [6, 6.07) is 12.1. The molecule has 0 bridgehead atoms. The molecule has 0 spiro atoms. The molecule has 4 heterocycles. The lowest BCUT2D eigenvalue weighted by atomic mass is 10.2. The molecule has 3 aromatic heterocycles. The number of hydrogen-bond donors (Lipinski definition) is 0. The Morgan fingerprint density at radius 2 is 1.88 bits per heavy atom. The normalized spacial score (nSPS) is 14.3. The van der Waals surface area contributed by atoms with Gasteiger partial charge in [0.25, 0.3) is 0 Å². The second-order valence-electron chi connectivity index (χ2n) is 8.22. The van der Waals surface area contributed by atoms with E-state index in [1.165, 1.54) is 5.56 Å². The Labute approximate surface area is 198 Å². The van der Waals surface area contributed by atoms with E-state index in [0.29, 0.717) is 19.2 Å². The summed E-state index contributed by atoms with van der Waals surface area (Å²) in [6.07, 6.45) is 5.39. The van der Waals surface area contributed by atoms with E-state index in [2.05, 4.69) is 45.5 Å². The molecule has 0 atom stereocenters. The van der Waals surface area contributed by atoms with Crippen LogP contribution in [0.4, 0.5) is 11.8 Å². The second-order valence-corrected chi connectivity index (χ2v) is 8.22. The van der Waals surface area contributed by atoms with Crippen LogP contribution in [0.15, 0.2) is 53.9 Å². The van der Waals surface area contributed by atoms with Crippen LogP contribution >= 0.6 is 0 Å². The maximum Gasteiger partial charge on any atom is 0.250 e. The summed E-state index contributed by atoms with van der Waals surface area (Å²) >= 11 is 0. The predicted octanol–water partition coefficient (Wildman–Crippen LogP) is 3.52. The van der Waals surface area contributed by atoms with Gasteiger partial charge in [-0.15, -0.1) is 0 Å². The summed E-state index contributed by atoms with van der Waals surface area (Å²) in [5.41, 5.74) is 4.79. The number of fused-ring (bicyclic) bond motifs is 1. The molecular formula is C25H28N8O. The van der Waals surface area contributed by atoms with E-state index < -0.39 is 0 Å². The maximum atomic E-state index is 5.58. The predicted molar refractivity (Wildman–Crippen MR) is 134 cm³/mol. The summed E-state index contributed by atoms with van der Waals surface area (Å²) in [4.78, 5) is 21.2. The summed E-state index contributed by atoms with van der Waals surface area (Å²) in [6.45, 7) is 7.72. The minimum Gasteiger partial charge on any atom is -0.378 e. The van der Waals surface area contributed by atoms with Crippen LogP contribution in [0.25, 0.3) is 22.6 Å². The van der Waals surface area contributed by atoms with Crippen LogP contribution in [0.1, 0.15) is 18.1 Å². The van der Waals surface area contributed by atoms with Gasteiger partial charge in [0.1, 0.15) is 5.82 Å². The first kappa shape index (κ1) is 22.0. The van der Waals surface area contributed by atoms with E-state index in [-0.39, 0.29) is 0 Å². The van der Waals surface area contributed by atoms with Gasteiger partial charge in [-0.25, -0.2) is 9.99 Å². The van der Waals surface area contributed by atoms with Crippen molar-refractivity contribution in [2.75, 3.05) is 43.3 Å². The number of anilines is 2. The van der Waals surface area contributed by atoms with Crippen molar-refractivity contribution >= 4 is 29.1 Å². The van der Waals surface area contributed by atoms with E-state index >= 15 is 0 Å². The molecule has 0 N–H and O–H groups in total. The van der Waals surface area contributed by atoms with Crippen molar-refractivity contribution < 1.29 is 4.74 Å². The van der Waals surface area contributed by atoms with Gasteiger partial charge in [0, 0.05) is 44.6 Å². The molecule has 1 aliphatic rings. The summed E-state index contributed by atoms with van der Waals surface area (Å²) in [7, 11) is 1.87. The first-order valence-corrected chi connectivity index (χ1v) is 11.5. The minimum absolute atomic E-state index is 0.522. The van der Waals surface area contributed by atoms with Gasteiger partial charge in [0.15, 0.2) is 17.0 Å². The molecule has 1 fully saturated rings. The van der Waals surface area contributed by atoms with Gasteiger partial charge in [-0.3, -0.25) is 4.98 Å². The fourth-order valence-electron chi connectivity index (χ4n) is 4.09. The van der Waals surface area contributed by atoms with E-state index in [1.54, 1.807) is 17.4 Å². The zero-order valence-corrected chi connectivity index (χ0v) is 19.7. The zero-order valence-electron chi connectivity index (χ0n) is 19.7. The summed E-state index contributed by atoms with van der Waals surface area (Å²) in [5, 5.41) is 6.33. The van der Waals surface area contributed by atoms with Gasteiger partial charge in [0.05, 0.1) is 19.4 Å². The third kappa shape index (κ3) is 4.34. The molecule has 9 heteroatoms. The van der Waals surface area contributed by atoms with Gasteiger partial charge >= 0.3 is 0 Å². The number of aryl methyl sites for hydroxylation is 2. The maximum absolute atomic E-state index is 5.58. The van der Waals surface area contributed by atoms with Gasteiger partial charge in [-0.2, -0.15) is 15.1 Å². The number of hydrazone groups is 1. The van der Waals surface area contributed by atoms with E-state index in [4.69, 9.17) is 19.7 Å². The average Bonchev–Trinajstić information content (AvgIpc) is 3.26. The average molecular weight is 457 g/mol. The molecule has 4 aromatic rings. The largest absolute Gasteiger partial charge is 0.378 e. The third-order valence-corrected chi connectivity index (χ3v) is 5.84. The Balaban J connectivity index is 1.62. The highest BCUT2D eigenvalue weighted by Gasteiger charge is 2.24. The Kier molecular flexibility index (Phi) is 6.18. The smallest absolute Gasteiger partial charge is 0.250 e. The van der Waals surface area contributed by atoms with E-state index in [9.17, 15) is 0 Å². The van der Waals surface area contributed by atoms with Crippen molar-refractivity contribution in [3.8, 4) is 11.4 Å². The molecule has 0 radical (unpaired) electrons. The highest BCUT2D eigenvalue weighted by atomic mass is 16.5. The highest BCUT2D eigenvalue weighted by Crippen LogP contribution is 2.31. The van der Waals surface area contributed by atoms with Crippen molar-refractivity contribution in [1.82, 2.24) is 24.5 Å². The topological polar surface area (TPSA) is 84.6 Å². The molecule has 9 nitrogen and oxygen atoms in total. The van der Waals surface area contributed by atoms with Gasteiger partial charge in [-0.1, -0.05) is 29.8 Å². The van der Waals surface area contributed by atoms with Crippen LogP contribution in [0.5, 0.6) is 0 Å². The number of aromatic nitrogens is 5. The molecule has 0 saturated carbocycles. The Hall–Kier alpha value is -3.85. The molecule has 5 rings (SSSR count). The van der Waals surface area contributed by atoms with Gasteiger partial charge in [-0.05, 0) is 31.5 Å². The number of pyridine rings is 1. The molecule has 0 amide bonds. The lowest BCUT2D eigenvalue weighted by Gasteiger charge is -2.28. The quantitative estimate of drug-likeness (QED) is 0.324. The fraction of sp³-hybridized carbons (Fsp3) is 0.320. The monoisotopic (exact) mass is 456 g/mol. The van der Waals surface area contributed by atoms with Crippen LogP contribution in [0.3, 0.4) is 0 Å². The molecule has 1 aliphatic heterocycles. The Morgan fingerprint density at radius 3 is 2.62 bits per heavy atom. The van der Waals surface area contributed by atoms with Crippen LogP contribution < -0.4 is 9.91 Å². The highest BCUT2D eigenvalue weighted by molar-refractivity contribution is 5.88. The second kappa shape index (κ2) is 9.56. The van der Waals surface area contributed by atoms with Crippen molar-refractivity contribution in [2.24, 2.45) is 5.10 Å². The van der Waals surface area contributed by atoms with Crippen LogP contribution in [-0.4, -0.2) is 64.1 Å². The van der Waals surface area contributed by atoms with Crippen molar-refractivity contribution in [3.63, 3.8) is 0 Å². The Morgan fingerprint density at radius 1 is 1.09 bits per heavy atom. The summed E-state index contributed by atoms with van der Waals surface area (Å²) < 4.78 is 7.70. The van der Waals surface area contributed by atoms with Crippen LogP contribution in [0, 0.1) is 6.92 Å². The lowest BCUT2D eigenvalue weighted by Crippen LogP contribution is -2.37. The number of rotatable bonds is 6. The Bertz CT molecular complexity index is 1310. The first-order valence-electron chi connectivity index (χ1n) is 11.5. The lowest BCUT2D eigenvalue weighted by molar-refractivity contribution is 0.122. The van der Waals surface area contributed by atoms with Crippen molar-refractivity contribution in [1.29, 1.82) is 0 Å². The molecule has 34 heavy (non-hydrogen) atoms. The van der Waals surface area contributed by atoms with Gasteiger partial charge < -0.3 is 14.2 Å².